The Hall–Kier alpha value is -5.54. The number of benzene rings is 6. The molecule has 0 saturated heterocycles. The van der Waals surface area contributed by atoms with Crippen LogP contribution in [0.2, 0.25) is 0 Å². The monoisotopic (exact) mass is 567 g/mol. The Bertz CT molecular complexity index is 2290. The Balaban J connectivity index is 1.14. The van der Waals surface area contributed by atoms with Gasteiger partial charge in [-0.1, -0.05) is 85.0 Å². The summed E-state index contributed by atoms with van der Waals surface area (Å²) in [7, 11) is 0. The van der Waals surface area contributed by atoms with Gasteiger partial charge in [-0.05, 0) is 89.5 Å². The van der Waals surface area contributed by atoms with Crippen LogP contribution in [0.25, 0.3) is 43.8 Å². The van der Waals surface area contributed by atoms with Gasteiger partial charge in [-0.3, -0.25) is 0 Å². The van der Waals surface area contributed by atoms with Crippen LogP contribution in [0.4, 0.5) is 17.1 Å². The van der Waals surface area contributed by atoms with Gasteiger partial charge in [-0.15, -0.1) is 0 Å². The van der Waals surface area contributed by atoms with E-state index in [1.165, 1.54) is 27.5 Å². The first-order valence-electron chi connectivity index (χ1n) is 15.1. The van der Waals surface area contributed by atoms with Gasteiger partial charge in [0.05, 0.1) is 5.41 Å². The van der Waals surface area contributed by atoms with Gasteiger partial charge >= 0.3 is 0 Å². The molecule has 210 valence electrons. The summed E-state index contributed by atoms with van der Waals surface area (Å²) in [5.41, 5.74) is 8.45. The number of hydrogen-bond donors (Lipinski definition) is 0. The smallest absolute Gasteiger partial charge is 0.137 e. The highest BCUT2D eigenvalue weighted by molar-refractivity contribution is 6.06. The van der Waals surface area contributed by atoms with Crippen LogP contribution in [0, 0.1) is 0 Å². The molecule has 3 heteroatoms. The minimum Gasteiger partial charge on any atom is -0.485 e. The van der Waals surface area contributed by atoms with E-state index in [-0.39, 0.29) is 11.5 Å². The number of nitrogens with zero attached hydrogens (tertiary/aromatic N) is 1. The molecule has 44 heavy (non-hydrogen) atoms. The van der Waals surface area contributed by atoms with Gasteiger partial charge in [-0.2, -0.15) is 0 Å². The first-order valence-corrected chi connectivity index (χ1v) is 15.1. The van der Waals surface area contributed by atoms with Crippen molar-refractivity contribution in [1.82, 2.24) is 0 Å². The molecule has 0 saturated carbocycles. The maximum atomic E-state index is 6.30. The third-order valence-corrected chi connectivity index (χ3v) is 9.31. The fraction of sp³-hybridized carbons (Fsp3) is 0.0732. The molecule has 0 fully saturated rings. The number of rotatable bonds is 4. The van der Waals surface area contributed by atoms with Crippen LogP contribution in [-0.4, -0.2) is 6.10 Å². The van der Waals surface area contributed by atoms with Crippen LogP contribution in [0.5, 0.6) is 5.75 Å². The van der Waals surface area contributed by atoms with E-state index in [0.717, 1.165) is 44.8 Å². The van der Waals surface area contributed by atoms with Crippen molar-refractivity contribution in [1.29, 1.82) is 0 Å². The predicted molar refractivity (Wildman–Crippen MR) is 181 cm³/mol. The van der Waals surface area contributed by atoms with Gasteiger partial charge in [0.15, 0.2) is 0 Å². The van der Waals surface area contributed by atoms with Gasteiger partial charge in [-0.25, -0.2) is 0 Å². The van der Waals surface area contributed by atoms with E-state index < -0.39 is 0 Å². The number of anilines is 3. The molecule has 0 amide bonds. The Morgan fingerprint density at radius 1 is 0.591 bits per heavy atom. The summed E-state index contributed by atoms with van der Waals surface area (Å²) in [5.74, 6) is 0.970. The van der Waals surface area contributed by atoms with Crippen molar-refractivity contribution in [3.8, 4) is 16.9 Å². The highest BCUT2D eigenvalue weighted by Crippen LogP contribution is 2.47. The zero-order valence-electron chi connectivity index (χ0n) is 24.3. The van der Waals surface area contributed by atoms with E-state index >= 15 is 0 Å². The Morgan fingerprint density at radius 3 is 2.23 bits per heavy atom. The largest absolute Gasteiger partial charge is 0.485 e. The van der Waals surface area contributed by atoms with Crippen molar-refractivity contribution < 1.29 is 9.15 Å². The van der Waals surface area contributed by atoms with Crippen molar-refractivity contribution in [2.24, 2.45) is 0 Å². The van der Waals surface area contributed by atoms with E-state index in [1.54, 1.807) is 0 Å². The standard InChI is InChI=1S/C41H29NO2/c1-41-23-7-6-12-40(41)44-38-22-16-30(25-36(38)41)28-13-17-31(18-14-28)42(32-19-15-27-8-2-3-9-29(27)24-32)33-20-21-35-34-10-4-5-11-37(34)43-39(35)26-33/h2-26,40H,1H3. The molecule has 2 aliphatic rings. The molecule has 0 radical (unpaired) electrons. The molecule has 1 aliphatic heterocycles. The lowest BCUT2D eigenvalue weighted by molar-refractivity contribution is 0.228. The van der Waals surface area contributed by atoms with Crippen molar-refractivity contribution in [2.75, 3.05) is 4.90 Å². The molecule has 1 aliphatic carbocycles. The fourth-order valence-electron chi connectivity index (χ4n) is 6.91. The summed E-state index contributed by atoms with van der Waals surface area (Å²) in [6.45, 7) is 2.26. The average molecular weight is 568 g/mol. The zero-order valence-corrected chi connectivity index (χ0v) is 24.3. The normalized spacial score (nSPS) is 18.4. The first kappa shape index (κ1) is 25.0. The number of para-hydroxylation sites is 1. The molecule has 2 atom stereocenters. The molecule has 6 aromatic carbocycles. The highest BCUT2D eigenvalue weighted by Gasteiger charge is 2.43. The van der Waals surface area contributed by atoms with E-state index in [2.05, 4.69) is 151 Å². The van der Waals surface area contributed by atoms with Gasteiger partial charge in [0.25, 0.3) is 0 Å². The molecule has 0 spiro atoms. The first-order chi connectivity index (χ1) is 21.6. The second-order valence-corrected chi connectivity index (χ2v) is 12.0. The summed E-state index contributed by atoms with van der Waals surface area (Å²) >= 11 is 0. The number of fused-ring (bicyclic) bond motifs is 7. The SMILES string of the molecule is CC12C=CC=CC1Oc1ccc(-c3ccc(N(c4ccc5ccccc5c4)c4ccc5c(c4)oc4ccccc45)cc3)cc12. The summed E-state index contributed by atoms with van der Waals surface area (Å²) in [6, 6.07) is 45.3. The van der Waals surface area contributed by atoms with E-state index in [0.29, 0.717) is 0 Å². The molecule has 9 rings (SSSR count). The van der Waals surface area contributed by atoms with Gasteiger partial charge in [0, 0.05) is 39.5 Å². The molecule has 0 N–H and O–H groups in total. The summed E-state index contributed by atoms with van der Waals surface area (Å²) in [5, 5.41) is 4.68. The Morgan fingerprint density at radius 2 is 1.32 bits per heavy atom. The lowest BCUT2D eigenvalue weighted by atomic mass is 9.76. The van der Waals surface area contributed by atoms with E-state index in [9.17, 15) is 0 Å². The lowest BCUT2D eigenvalue weighted by Crippen LogP contribution is -2.32. The summed E-state index contributed by atoms with van der Waals surface area (Å²) in [6.07, 6.45) is 8.65. The van der Waals surface area contributed by atoms with Crippen molar-refractivity contribution in [3.63, 3.8) is 0 Å². The fourth-order valence-corrected chi connectivity index (χ4v) is 6.91. The minimum absolute atomic E-state index is 0.0414. The second-order valence-electron chi connectivity index (χ2n) is 12.0. The molecular weight excluding hydrogens is 538 g/mol. The van der Waals surface area contributed by atoms with Crippen molar-refractivity contribution >= 4 is 49.8 Å². The zero-order chi connectivity index (χ0) is 29.3. The quantitative estimate of drug-likeness (QED) is 0.212. The van der Waals surface area contributed by atoms with Crippen molar-refractivity contribution in [3.05, 3.63) is 157 Å². The number of ether oxygens (including phenoxy) is 1. The number of furan rings is 1. The van der Waals surface area contributed by atoms with Crippen LogP contribution in [-0.2, 0) is 5.41 Å². The molecule has 2 heterocycles. The minimum atomic E-state index is -0.151. The number of allylic oxidation sites excluding steroid dienone is 2. The molecule has 2 unspecified atom stereocenters. The van der Waals surface area contributed by atoms with Gasteiger partial charge in [0.2, 0.25) is 0 Å². The maximum absolute atomic E-state index is 6.30. The predicted octanol–water partition coefficient (Wildman–Crippen LogP) is 11.0. The highest BCUT2D eigenvalue weighted by atomic mass is 16.5. The molecule has 7 aromatic rings. The lowest BCUT2D eigenvalue weighted by Gasteiger charge is -2.27. The van der Waals surface area contributed by atoms with Gasteiger partial charge in [0.1, 0.15) is 23.0 Å². The molecule has 1 aromatic heterocycles. The maximum Gasteiger partial charge on any atom is 0.137 e. The average Bonchev–Trinajstić information content (AvgIpc) is 3.59. The third-order valence-electron chi connectivity index (χ3n) is 9.31. The second kappa shape index (κ2) is 9.48. The number of hydrogen-bond acceptors (Lipinski definition) is 3. The topological polar surface area (TPSA) is 25.6 Å². The molecular formula is C41H29NO2. The summed E-state index contributed by atoms with van der Waals surface area (Å²) < 4.78 is 12.6. The van der Waals surface area contributed by atoms with Gasteiger partial charge < -0.3 is 14.1 Å². The molecule has 0 bridgehead atoms. The molecule has 3 nitrogen and oxygen atoms in total. The van der Waals surface area contributed by atoms with Crippen LogP contribution < -0.4 is 9.64 Å². The summed E-state index contributed by atoms with van der Waals surface area (Å²) in [4.78, 5) is 2.31. The van der Waals surface area contributed by atoms with Crippen LogP contribution in [0.15, 0.2) is 156 Å². The Labute approximate surface area is 255 Å². The van der Waals surface area contributed by atoms with E-state index in [1.807, 2.05) is 12.1 Å². The van der Waals surface area contributed by atoms with Crippen molar-refractivity contribution in [2.45, 2.75) is 18.4 Å². The van der Waals surface area contributed by atoms with E-state index in [4.69, 9.17) is 9.15 Å². The Kier molecular flexibility index (Phi) is 5.39. The van der Waals surface area contributed by atoms with Crippen LogP contribution in [0.1, 0.15) is 12.5 Å². The van der Waals surface area contributed by atoms with Crippen LogP contribution in [0.3, 0.4) is 0 Å². The third kappa shape index (κ3) is 3.83. The van der Waals surface area contributed by atoms with Crippen LogP contribution >= 0.6 is 0 Å².